The average Bonchev–Trinajstić information content (AvgIpc) is 3.36. The summed E-state index contributed by atoms with van der Waals surface area (Å²) in [6, 6.07) is 7.12. The first-order chi connectivity index (χ1) is 17.4. The molecule has 1 amide bonds. The summed E-state index contributed by atoms with van der Waals surface area (Å²) < 4.78 is 79.7. The molecule has 2 aromatic carbocycles. The molecule has 2 N–H and O–H groups in total. The second-order valence-corrected chi connectivity index (χ2v) is 11.0. The van der Waals surface area contributed by atoms with Gasteiger partial charge in [0.15, 0.2) is 0 Å². The van der Waals surface area contributed by atoms with Crippen LogP contribution in [0.3, 0.4) is 0 Å². The number of benzene rings is 2. The number of anilines is 2. The first-order valence-electron chi connectivity index (χ1n) is 11.8. The lowest BCUT2D eigenvalue weighted by atomic mass is 10.1. The summed E-state index contributed by atoms with van der Waals surface area (Å²) in [7, 11) is -2.53. The van der Waals surface area contributed by atoms with Crippen LogP contribution in [-0.4, -0.2) is 77.3 Å². The van der Waals surface area contributed by atoms with Crippen molar-refractivity contribution in [1.29, 1.82) is 0 Å². The second kappa shape index (κ2) is 10.5. The summed E-state index contributed by atoms with van der Waals surface area (Å²) in [5.74, 6) is -1.69. The van der Waals surface area contributed by atoms with Crippen molar-refractivity contribution >= 4 is 27.3 Å². The molecule has 0 aliphatic carbocycles. The van der Waals surface area contributed by atoms with E-state index in [1.165, 1.54) is 25.2 Å². The predicted molar refractivity (Wildman–Crippen MR) is 130 cm³/mol. The van der Waals surface area contributed by atoms with Gasteiger partial charge >= 0.3 is 6.18 Å². The molecule has 2 saturated heterocycles. The van der Waals surface area contributed by atoms with Crippen LogP contribution in [0.4, 0.5) is 28.9 Å². The van der Waals surface area contributed by atoms with E-state index in [4.69, 9.17) is 0 Å². The minimum absolute atomic E-state index is 0.0124. The van der Waals surface area contributed by atoms with Gasteiger partial charge in [0, 0.05) is 63.2 Å². The Morgan fingerprint density at radius 1 is 1.05 bits per heavy atom. The minimum Gasteiger partial charge on any atom is -0.396 e. The lowest BCUT2D eigenvalue weighted by molar-refractivity contribution is -0.139. The molecule has 0 aromatic heterocycles. The molecular formula is C24H28F4N4O4S. The number of sulfonamides is 1. The molecule has 2 aliphatic rings. The van der Waals surface area contributed by atoms with Gasteiger partial charge in [0.05, 0.1) is 16.0 Å². The topological polar surface area (TPSA) is 93.2 Å². The van der Waals surface area contributed by atoms with Crippen LogP contribution in [-0.2, 0) is 16.2 Å². The molecule has 8 nitrogen and oxygen atoms in total. The Morgan fingerprint density at radius 3 is 2.32 bits per heavy atom. The van der Waals surface area contributed by atoms with E-state index >= 15 is 0 Å². The monoisotopic (exact) mass is 544 g/mol. The summed E-state index contributed by atoms with van der Waals surface area (Å²) in [4.78, 5) is 18.7. The molecule has 2 heterocycles. The highest BCUT2D eigenvalue weighted by atomic mass is 32.2. The van der Waals surface area contributed by atoms with E-state index in [1.54, 1.807) is 15.9 Å². The Labute approximate surface area is 212 Å². The number of rotatable bonds is 6. The van der Waals surface area contributed by atoms with Crippen LogP contribution in [0, 0.1) is 11.7 Å². The molecule has 1 unspecified atom stereocenters. The average molecular weight is 545 g/mol. The Balaban J connectivity index is 1.55. The molecule has 13 heteroatoms. The van der Waals surface area contributed by atoms with Gasteiger partial charge in [-0.05, 0) is 49.9 Å². The molecule has 1 atom stereocenters. The molecule has 0 saturated carbocycles. The quantitative estimate of drug-likeness (QED) is 0.543. The number of hydrogen-bond donors (Lipinski definition) is 2. The summed E-state index contributed by atoms with van der Waals surface area (Å²) in [5, 5.41) is 9.51. The van der Waals surface area contributed by atoms with Gasteiger partial charge in [-0.2, -0.15) is 13.2 Å². The standard InChI is InChI=1S/C24H28F4N4O4S/c1-29-37(35,36)18-3-5-22(32-7-6-16(14-32)15-33)19(13-18)23(34)31-10-8-30(9-11-31)17-2-4-20(21(25)12-17)24(26,27)28/h2-5,12-13,16,29,33H,6-11,14-15H2,1H3. The SMILES string of the molecule is CNS(=O)(=O)c1ccc(N2CCC(CO)C2)c(C(=O)N2CCN(c3ccc(C(F)(F)F)c(F)c3)CC2)c1. The Hall–Kier alpha value is -2.90. The second-order valence-electron chi connectivity index (χ2n) is 9.11. The molecule has 2 fully saturated rings. The smallest absolute Gasteiger partial charge is 0.396 e. The molecule has 202 valence electrons. The Morgan fingerprint density at radius 2 is 1.76 bits per heavy atom. The lowest BCUT2D eigenvalue weighted by Gasteiger charge is -2.37. The van der Waals surface area contributed by atoms with E-state index in [1.807, 2.05) is 4.90 Å². The highest BCUT2D eigenvalue weighted by Gasteiger charge is 2.35. The fraction of sp³-hybridized carbons (Fsp3) is 0.458. The number of piperazine rings is 1. The third kappa shape index (κ3) is 5.68. The molecule has 2 aliphatic heterocycles. The van der Waals surface area contributed by atoms with Crippen molar-refractivity contribution in [2.75, 3.05) is 62.7 Å². The van der Waals surface area contributed by atoms with Crippen molar-refractivity contribution in [3.8, 4) is 0 Å². The highest BCUT2D eigenvalue weighted by Crippen LogP contribution is 2.34. The van der Waals surface area contributed by atoms with Crippen LogP contribution in [0.25, 0.3) is 0 Å². The number of hydrogen-bond acceptors (Lipinski definition) is 6. The molecular weight excluding hydrogens is 516 g/mol. The Bertz CT molecular complexity index is 1260. The van der Waals surface area contributed by atoms with Crippen LogP contribution in [0.1, 0.15) is 22.3 Å². The van der Waals surface area contributed by atoms with E-state index in [2.05, 4.69) is 4.72 Å². The fourth-order valence-electron chi connectivity index (χ4n) is 4.72. The molecule has 37 heavy (non-hydrogen) atoms. The molecule has 0 radical (unpaired) electrons. The third-order valence-corrected chi connectivity index (χ3v) is 8.26. The van der Waals surface area contributed by atoms with Crippen molar-refractivity contribution in [1.82, 2.24) is 9.62 Å². The summed E-state index contributed by atoms with van der Waals surface area (Å²) >= 11 is 0. The number of aliphatic hydroxyl groups excluding tert-OH is 1. The number of carbonyl (C=O) groups excluding carboxylic acids is 1. The zero-order valence-electron chi connectivity index (χ0n) is 20.1. The van der Waals surface area contributed by atoms with Gasteiger partial charge in [0.1, 0.15) is 5.82 Å². The maximum atomic E-state index is 14.1. The van der Waals surface area contributed by atoms with Gasteiger partial charge < -0.3 is 19.8 Å². The molecule has 0 spiro atoms. The van der Waals surface area contributed by atoms with E-state index in [0.29, 0.717) is 24.8 Å². The molecule has 0 bridgehead atoms. The normalized spacial score (nSPS) is 19.0. The Kier molecular flexibility index (Phi) is 7.67. The maximum absolute atomic E-state index is 14.1. The van der Waals surface area contributed by atoms with E-state index in [9.17, 15) is 35.9 Å². The van der Waals surface area contributed by atoms with Crippen molar-refractivity contribution < 1.29 is 35.9 Å². The molecule has 2 aromatic rings. The number of carbonyl (C=O) groups is 1. The number of alkyl halides is 3. The summed E-state index contributed by atoms with van der Waals surface area (Å²) in [5.41, 5.74) is -0.265. The van der Waals surface area contributed by atoms with Crippen LogP contribution in [0.15, 0.2) is 41.3 Å². The van der Waals surface area contributed by atoms with Gasteiger partial charge in [0.25, 0.3) is 5.91 Å². The maximum Gasteiger partial charge on any atom is 0.419 e. The first-order valence-corrected chi connectivity index (χ1v) is 13.3. The van der Waals surface area contributed by atoms with Crippen LogP contribution in [0.5, 0.6) is 0 Å². The summed E-state index contributed by atoms with van der Waals surface area (Å²) in [6.45, 7) is 2.09. The third-order valence-electron chi connectivity index (χ3n) is 6.85. The van der Waals surface area contributed by atoms with Crippen molar-refractivity contribution in [3.05, 3.63) is 53.3 Å². The predicted octanol–water partition coefficient (Wildman–Crippen LogP) is 2.53. The van der Waals surface area contributed by atoms with Crippen LogP contribution >= 0.6 is 0 Å². The first kappa shape index (κ1) is 27.1. The van der Waals surface area contributed by atoms with Gasteiger partial charge in [-0.1, -0.05) is 0 Å². The van der Waals surface area contributed by atoms with Gasteiger partial charge in [0.2, 0.25) is 10.0 Å². The number of aliphatic hydroxyl groups is 1. The van der Waals surface area contributed by atoms with Gasteiger partial charge in [-0.15, -0.1) is 0 Å². The molecule has 4 rings (SSSR count). The van der Waals surface area contributed by atoms with Crippen molar-refractivity contribution in [2.45, 2.75) is 17.5 Å². The van der Waals surface area contributed by atoms with Crippen molar-refractivity contribution in [2.24, 2.45) is 5.92 Å². The lowest BCUT2D eigenvalue weighted by Crippen LogP contribution is -2.49. The van der Waals surface area contributed by atoms with Crippen LogP contribution < -0.4 is 14.5 Å². The number of nitrogens with one attached hydrogen (secondary N) is 1. The van der Waals surface area contributed by atoms with Crippen LogP contribution in [0.2, 0.25) is 0 Å². The van der Waals surface area contributed by atoms with E-state index in [-0.39, 0.29) is 60.8 Å². The fourth-order valence-corrected chi connectivity index (χ4v) is 5.47. The number of halogens is 4. The van der Waals surface area contributed by atoms with Gasteiger partial charge in [-0.25, -0.2) is 17.5 Å². The zero-order chi connectivity index (χ0) is 27.0. The van der Waals surface area contributed by atoms with E-state index < -0.39 is 27.6 Å². The highest BCUT2D eigenvalue weighted by molar-refractivity contribution is 7.89. The number of amides is 1. The minimum atomic E-state index is -4.78. The summed E-state index contributed by atoms with van der Waals surface area (Å²) in [6.07, 6.45) is -4.05. The largest absolute Gasteiger partial charge is 0.419 e. The van der Waals surface area contributed by atoms with Gasteiger partial charge in [-0.3, -0.25) is 4.79 Å². The van der Waals surface area contributed by atoms with Crippen molar-refractivity contribution in [3.63, 3.8) is 0 Å². The number of nitrogens with zero attached hydrogens (tertiary/aromatic N) is 3. The zero-order valence-corrected chi connectivity index (χ0v) is 20.9. The van der Waals surface area contributed by atoms with E-state index in [0.717, 1.165) is 12.5 Å².